The number of thiophene rings is 1. The van der Waals surface area contributed by atoms with Gasteiger partial charge in [0.2, 0.25) is 0 Å². The van der Waals surface area contributed by atoms with Gasteiger partial charge in [0.1, 0.15) is 0 Å². The molecule has 4 heteroatoms. The summed E-state index contributed by atoms with van der Waals surface area (Å²) in [4.78, 5) is 3.95. The van der Waals surface area contributed by atoms with Crippen LogP contribution in [-0.4, -0.2) is 31.1 Å². The Morgan fingerprint density at radius 3 is 2.86 bits per heavy atom. The second-order valence-electron chi connectivity index (χ2n) is 5.59. The fourth-order valence-corrected chi connectivity index (χ4v) is 4.24. The molecule has 1 N–H and O–H groups in total. The van der Waals surface area contributed by atoms with Crippen LogP contribution < -0.4 is 5.32 Å². The third-order valence-electron chi connectivity index (χ3n) is 3.96. The lowest BCUT2D eigenvalue weighted by molar-refractivity contribution is 0.244. The summed E-state index contributed by atoms with van der Waals surface area (Å²) in [5.41, 5.74) is 2.56. The van der Waals surface area contributed by atoms with Crippen LogP contribution in [0.3, 0.4) is 0 Å². The molecule has 1 fully saturated rings. The van der Waals surface area contributed by atoms with Gasteiger partial charge in [-0.05, 0) is 48.5 Å². The van der Waals surface area contributed by atoms with Crippen molar-refractivity contribution in [2.45, 2.75) is 19.4 Å². The van der Waals surface area contributed by atoms with Crippen molar-refractivity contribution in [3.63, 3.8) is 0 Å². The van der Waals surface area contributed by atoms with Gasteiger partial charge < -0.3 is 5.32 Å². The van der Waals surface area contributed by atoms with Crippen LogP contribution in [0.1, 0.15) is 28.5 Å². The third kappa shape index (κ3) is 3.49. The Bertz CT molecular complexity index is 588. The molecule has 2 nitrogen and oxygen atoms in total. The molecule has 1 aliphatic heterocycles. The zero-order valence-electron chi connectivity index (χ0n) is 12.3. The number of benzene rings is 1. The number of rotatable bonds is 3. The van der Waals surface area contributed by atoms with Gasteiger partial charge in [-0.2, -0.15) is 0 Å². The van der Waals surface area contributed by atoms with Crippen LogP contribution in [0.2, 0.25) is 5.02 Å². The summed E-state index contributed by atoms with van der Waals surface area (Å²) in [6.07, 6.45) is 1.19. The largest absolute Gasteiger partial charge is 0.315 e. The molecule has 2 aromatic rings. The van der Waals surface area contributed by atoms with Crippen molar-refractivity contribution in [3.05, 3.63) is 56.7 Å². The van der Waals surface area contributed by atoms with Crippen molar-refractivity contribution in [2.75, 3.05) is 26.2 Å². The molecule has 21 heavy (non-hydrogen) atoms. The number of halogens is 1. The minimum absolute atomic E-state index is 0.275. The molecule has 0 spiro atoms. The Morgan fingerprint density at radius 1 is 1.24 bits per heavy atom. The molecular formula is C17H21ClN2S. The van der Waals surface area contributed by atoms with Gasteiger partial charge in [0.25, 0.3) is 0 Å². The molecule has 0 aliphatic carbocycles. The van der Waals surface area contributed by atoms with Gasteiger partial charge in [0.05, 0.1) is 6.04 Å². The molecule has 0 bridgehead atoms. The minimum Gasteiger partial charge on any atom is -0.315 e. The summed E-state index contributed by atoms with van der Waals surface area (Å²) in [5, 5.41) is 6.58. The summed E-state index contributed by atoms with van der Waals surface area (Å²) in [6.45, 7) is 6.49. The Balaban J connectivity index is 2.00. The van der Waals surface area contributed by atoms with Crippen LogP contribution in [0.25, 0.3) is 0 Å². The normalized spacial score (nSPS) is 18.4. The summed E-state index contributed by atoms with van der Waals surface area (Å²) < 4.78 is 0. The third-order valence-corrected chi connectivity index (χ3v) is 5.41. The molecule has 0 radical (unpaired) electrons. The van der Waals surface area contributed by atoms with Crippen molar-refractivity contribution in [2.24, 2.45) is 0 Å². The van der Waals surface area contributed by atoms with E-state index in [4.69, 9.17) is 11.6 Å². The fraction of sp³-hybridized carbons (Fsp3) is 0.412. The molecule has 2 heterocycles. The van der Waals surface area contributed by atoms with Gasteiger partial charge >= 0.3 is 0 Å². The van der Waals surface area contributed by atoms with Crippen molar-refractivity contribution >= 4 is 22.9 Å². The van der Waals surface area contributed by atoms with Gasteiger partial charge in [0.15, 0.2) is 0 Å². The Kier molecular flexibility index (Phi) is 4.96. The highest BCUT2D eigenvalue weighted by Gasteiger charge is 2.25. The van der Waals surface area contributed by atoms with Gasteiger partial charge in [-0.3, -0.25) is 4.90 Å². The number of aryl methyl sites for hydroxylation is 1. The summed E-state index contributed by atoms with van der Waals surface area (Å²) >= 11 is 8.34. The lowest BCUT2D eigenvalue weighted by Crippen LogP contribution is -2.32. The number of nitrogens with one attached hydrogen (secondary N) is 1. The number of nitrogens with zero attached hydrogens (tertiary/aromatic N) is 1. The number of hydrogen-bond acceptors (Lipinski definition) is 3. The van der Waals surface area contributed by atoms with Crippen LogP contribution in [0, 0.1) is 6.92 Å². The Labute approximate surface area is 135 Å². The maximum atomic E-state index is 6.50. The fourth-order valence-electron chi connectivity index (χ4n) is 2.95. The molecule has 0 saturated carbocycles. The van der Waals surface area contributed by atoms with Gasteiger partial charge in [-0.1, -0.05) is 29.8 Å². The van der Waals surface area contributed by atoms with Crippen molar-refractivity contribution in [3.8, 4) is 0 Å². The van der Waals surface area contributed by atoms with Gasteiger partial charge in [-0.25, -0.2) is 0 Å². The molecule has 1 aromatic carbocycles. The maximum absolute atomic E-state index is 6.50. The van der Waals surface area contributed by atoms with E-state index in [-0.39, 0.29) is 6.04 Å². The first-order valence-electron chi connectivity index (χ1n) is 7.50. The molecule has 1 unspecified atom stereocenters. The standard InChI is InChI=1S/C17H21ClN2S/c1-13-11-16(21-12-13)17(14-5-2-3-6-15(14)18)20-9-4-7-19-8-10-20/h2-3,5-6,11-12,17,19H,4,7-10H2,1H3. The highest BCUT2D eigenvalue weighted by Crippen LogP contribution is 2.36. The molecule has 112 valence electrons. The van der Waals surface area contributed by atoms with Crippen molar-refractivity contribution < 1.29 is 0 Å². The smallest absolute Gasteiger partial charge is 0.0711 e. The predicted octanol–water partition coefficient (Wildman–Crippen LogP) is 4.09. The van der Waals surface area contributed by atoms with E-state index < -0.39 is 0 Å². The van der Waals surface area contributed by atoms with E-state index >= 15 is 0 Å². The van der Waals surface area contributed by atoms with E-state index in [1.807, 2.05) is 23.5 Å². The molecule has 1 atom stereocenters. The van der Waals surface area contributed by atoms with E-state index in [1.54, 1.807) is 0 Å². The maximum Gasteiger partial charge on any atom is 0.0711 e. The Morgan fingerprint density at radius 2 is 2.10 bits per heavy atom. The van der Waals surface area contributed by atoms with Crippen molar-refractivity contribution in [1.82, 2.24) is 10.2 Å². The zero-order chi connectivity index (χ0) is 14.7. The van der Waals surface area contributed by atoms with Gasteiger partial charge in [0, 0.05) is 29.5 Å². The van der Waals surface area contributed by atoms with E-state index in [9.17, 15) is 0 Å². The van der Waals surface area contributed by atoms with E-state index in [0.29, 0.717) is 0 Å². The summed E-state index contributed by atoms with van der Waals surface area (Å²) in [5.74, 6) is 0. The average Bonchev–Trinajstić information content (AvgIpc) is 2.74. The van der Waals surface area contributed by atoms with Crippen LogP contribution >= 0.6 is 22.9 Å². The van der Waals surface area contributed by atoms with Crippen LogP contribution in [0.15, 0.2) is 35.7 Å². The van der Waals surface area contributed by atoms with E-state index in [1.165, 1.54) is 22.4 Å². The quantitative estimate of drug-likeness (QED) is 0.916. The number of hydrogen-bond donors (Lipinski definition) is 1. The lowest BCUT2D eigenvalue weighted by atomic mass is 10.0. The predicted molar refractivity (Wildman–Crippen MR) is 91.4 cm³/mol. The highest BCUT2D eigenvalue weighted by atomic mass is 35.5. The summed E-state index contributed by atoms with van der Waals surface area (Å²) in [6, 6.07) is 10.8. The minimum atomic E-state index is 0.275. The van der Waals surface area contributed by atoms with Crippen LogP contribution in [0.5, 0.6) is 0 Å². The molecule has 1 aliphatic rings. The first kappa shape index (κ1) is 15.0. The average molecular weight is 321 g/mol. The van der Waals surface area contributed by atoms with Crippen LogP contribution in [-0.2, 0) is 0 Å². The Hall–Kier alpha value is -0.870. The SMILES string of the molecule is Cc1csc(C(c2ccccc2Cl)N2CCCNCC2)c1. The van der Waals surface area contributed by atoms with Gasteiger partial charge in [-0.15, -0.1) is 11.3 Å². The first-order chi connectivity index (χ1) is 10.3. The van der Waals surface area contributed by atoms with Crippen LogP contribution in [0.4, 0.5) is 0 Å². The van der Waals surface area contributed by atoms with E-state index in [2.05, 4.69) is 40.7 Å². The van der Waals surface area contributed by atoms with Crippen molar-refractivity contribution in [1.29, 1.82) is 0 Å². The first-order valence-corrected chi connectivity index (χ1v) is 8.75. The monoisotopic (exact) mass is 320 g/mol. The molecular weight excluding hydrogens is 300 g/mol. The molecule has 0 amide bonds. The molecule has 3 rings (SSSR count). The highest BCUT2D eigenvalue weighted by molar-refractivity contribution is 7.10. The summed E-state index contributed by atoms with van der Waals surface area (Å²) in [7, 11) is 0. The molecule has 1 saturated heterocycles. The second-order valence-corrected chi connectivity index (χ2v) is 6.94. The topological polar surface area (TPSA) is 15.3 Å². The lowest BCUT2D eigenvalue weighted by Gasteiger charge is -2.30. The van der Waals surface area contributed by atoms with E-state index in [0.717, 1.165) is 31.2 Å². The molecule has 1 aromatic heterocycles. The second kappa shape index (κ2) is 6.93. The zero-order valence-corrected chi connectivity index (χ0v) is 13.9.